The minimum absolute atomic E-state index is 0.318. The van der Waals surface area contributed by atoms with Crippen LogP contribution in [0, 0.1) is 0 Å². The molecule has 1 amide bonds. The summed E-state index contributed by atoms with van der Waals surface area (Å²) in [4.78, 5) is 21.4. The van der Waals surface area contributed by atoms with Crippen molar-refractivity contribution in [3.8, 4) is 0 Å². The quantitative estimate of drug-likeness (QED) is 0.818. The van der Waals surface area contributed by atoms with Crippen LogP contribution in [-0.2, 0) is 20.7 Å². The van der Waals surface area contributed by atoms with Gasteiger partial charge in [0.25, 0.3) is 12.4 Å². The van der Waals surface area contributed by atoms with E-state index in [1.807, 2.05) is 69.3 Å². The van der Waals surface area contributed by atoms with Crippen molar-refractivity contribution in [2.45, 2.75) is 38.9 Å². The Morgan fingerprint density at radius 3 is 2.04 bits per heavy atom. The summed E-state index contributed by atoms with van der Waals surface area (Å²) in [6.07, 6.45) is -0.716. The van der Waals surface area contributed by atoms with E-state index in [1.54, 1.807) is 12.1 Å². The maximum absolute atomic E-state index is 11.8. The fourth-order valence-corrected chi connectivity index (χ4v) is 1.82. The number of benzene rings is 2. The fourth-order valence-electron chi connectivity index (χ4n) is 1.82. The molecule has 2 aromatic rings. The van der Waals surface area contributed by atoms with E-state index in [4.69, 9.17) is 0 Å². The van der Waals surface area contributed by atoms with E-state index in [0.717, 1.165) is 5.56 Å². The first kappa shape index (κ1) is 20.4. The summed E-state index contributed by atoms with van der Waals surface area (Å²) in [6, 6.07) is 18.6. The molecule has 5 nitrogen and oxygen atoms in total. The monoisotopic (exact) mass is 343 g/mol. The number of carbonyl (C=O) groups excluding carboxylic acids is 2. The first-order valence-electron chi connectivity index (χ1n) is 8.01. The molecule has 0 aliphatic heterocycles. The molecule has 0 fully saturated rings. The molecule has 0 radical (unpaired) electrons. The van der Waals surface area contributed by atoms with Gasteiger partial charge in [-0.2, -0.15) is 0 Å². The second-order valence-corrected chi connectivity index (χ2v) is 6.39. The summed E-state index contributed by atoms with van der Waals surface area (Å²) in [6.45, 7) is 5.92. The minimum atomic E-state index is -1.03. The molecule has 5 heteroatoms. The average Bonchev–Trinajstić information content (AvgIpc) is 2.56. The summed E-state index contributed by atoms with van der Waals surface area (Å²) >= 11 is 0. The van der Waals surface area contributed by atoms with Crippen molar-refractivity contribution < 1.29 is 19.4 Å². The van der Waals surface area contributed by atoms with Crippen LogP contribution in [0.3, 0.4) is 0 Å². The van der Waals surface area contributed by atoms with Gasteiger partial charge in [-0.3, -0.25) is 9.59 Å². The standard InChI is InChI=1S/C15H15NO2.C5H10O2/c17-14(11-12-7-3-1-4-8-12)15(18)16-13-9-5-2-6-10-13;1-5(2,3)7-4-6/h1-10,14,17H,11H2,(H,16,18);4H,1-3H3. The molecule has 0 heterocycles. The first-order chi connectivity index (χ1) is 11.8. The van der Waals surface area contributed by atoms with Gasteiger partial charge in [-0.05, 0) is 38.5 Å². The summed E-state index contributed by atoms with van der Waals surface area (Å²) in [7, 11) is 0. The topological polar surface area (TPSA) is 75.6 Å². The Hall–Kier alpha value is -2.66. The lowest BCUT2D eigenvalue weighted by molar-refractivity contribution is -0.138. The molecular formula is C20H25NO4. The van der Waals surface area contributed by atoms with Crippen LogP contribution in [0.2, 0.25) is 0 Å². The van der Waals surface area contributed by atoms with Crippen LogP contribution in [0.5, 0.6) is 0 Å². The zero-order valence-electron chi connectivity index (χ0n) is 14.8. The number of para-hydroxylation sites is 1. The third-order valence-electron chi connectivity index (χ3n) is 3.02. The maximum Gasteiger partial charge on any atom is 0.293 e. The number of ether oxygens (including phenoxy) is 1. The van der Waals surface area contributed by atoms with Crippen LogP contribution in [-0.4, -0.2) is 29.2 Å². The Labute approximate surface area is 148 Å². The van der Waals surface area contributed by atoms with Gasteiger partial charge in [0.2, 0.25) is 0 Å². The molecule has 0 bridgehead atoms. The number of hydrogen-bond acceptors (Lipinski definition) is 4. The number of rotatable bonds is 5. The lowest BCUT2D eigenvalue weighted by Gasteiger charge is -2.14. The number of aliphatic hydroxyl groups is 1. The van der Waals surface area contributed by atoms with Crippen molar-refractivity contribution in [2.24, 2.45) is 0 Å². The highest BCUT2D eigenvalue weighted by Crippen LogP contribution is 2.08. The van der Waals surface area contributed by atoms with E-state index in [0.29, 0.717) is 18.6 Å². The Morgan fingerprint density at radius 2 is 1.60 bits per heavy atom. The smallest absolute Gasteiger partial charge is 0.293 e. The van der Waals surface area contributed by atoms with Gasteiger partial charge in [0, 0.05) is 12.1 Å². The number of hydrogen-bond donors (Lipinski definition) is 2. The van der Waals surface area contributed by atoms with E-state index < -0.39 is 6.10 Å². The van der Waals surface area contributed by atoms with Gasteiger partial charge in [-0.25, -0.2) is 0 Å². The Kier molecular flexibility index (Phi) is 8.36. The van der Waals surface area contributed by atoms with E-state index >= 15 is 0 Å². The van der Waals surface area contributed by atoms with Crippen molar-refractivity contribution >= 4 is 18.1 Å². The van der Waals surface area contributed by atoms with Crippen LogP contribution in [0.15, 0.2) is 60.7 Å². The summed E-state index contributed by atoms with van der Waals surface area (Å²) in [5.41, 5.74) is 1.31. The molecule has 0 saturated carbocycles. The van der Waals surface area contributed by atoms with Crippen LogP contribution in [0.25, 0.3) is 0 Å². The Bertz CT molecular complexity index is 636. The lowest BCUT2D eigenvalue weighted by atomic mass is 10.1. The van der Waals surface area contributed by atoms with Crippen molar-refractivity contribution in [2.75, 3.05) is 5.32 Å². The molecule has 0 spiro atoms. The van der Waals surface area contributed by atoms with E-state index in [2.05, 4.69) is 10.1 Å². The lowest BCUT2D eigenvalue weighted by Crippen LogP contribution is -2.29. The van der Waals surface area contributed by atoms with Crippen LogP contribution in [0.4, 0.5) is 5.69 Å². The summed E-state index contributed by atoms with van der Waals surface area (Å²) in [5.74, 6) is -0.384. The predicted octanol–water partition coefficient (Wildman–Crippen LogP) is 3.19. The van der Waals surface area contributed by atoms with Gasteiger partial charge in [0.1, 0.15) is 11.7 Å². The van der Waals surface area contributed by atoms with Gasteiger partial charge in [0.05, 0.1) is 0 Å². The van der Waals surface area contributed by atoms with Gasteiger partial charge in [-0.15, -0.1) is 0 Å². The van der Waals surface area contributed by atoms with Crippen LogP contribution < -0.4 is 5.32 Å². The molecule has 2 N–H and O–H groups in total. The molecule has 0 aromatic heterocycles. The van der Waals surface area contributed by atoms with Gasteiger partial charge in [0.15, 0.2) is 0 Å². The third kappa shape index (κ3) is 9.27. The van der Waals surface area contributed by atoms with Crippen molar-refractivity contribution in [3.05, 3.63) is 66.2 Å². The molecular weight excluding hydrogens is 318 g/mol. The Balaban J connectivity index is 0.000000381. The highest BCUT2D eigenvalue weighted by atomic mass is 16.5. The molecule has 0 saturated heterocycles. The molecule has 0 aliphatic rings. The predicted molar refractivity (Wildman–Crippen MR) is 98.1 cm³/mol. The number of carbonyl (C=O) groups is 2. The second kappa shape index (κ2) is 10.3. The molecule has 0 aliphatic carbocycles. The third-order valence-corrected chi connectivity index (χ3v) is 3.02. The molecule has 1 unspecified atom stereocenters. The van der Waals surface area contributed by atoms with Crippen LogP contribution in [0.1, 0.15) is 26.3 Å². The number of anilines is 1. The molecule has 1 atom stereocenters. The SMILES string of the molecule is CC(C)(C)OC=O.O=C(Nc1ccccc1)C(O)Cc1ccccc1. The average molecular weight is 343 g/mol. The van der Waals surface area contributed by atoms with Crippen molar-refractivity contribution in [1.29, 1.82) is 0 Å². The van der Waals surface area contributed by atoms with E-state index in [-0.39, 0.29) is 11.5 Å². The van der Waals surface area contributed by atoms with E-state index in [1.165, 1.54) is 0 Å². The number of aliphatic hydroxyl groups excluding tert-OH is 1. The van der Waals surface area contributed by atoms with Gasteiger partial charge in [-0.1, -0.05) is 48.5 Å². The van der Waals surface area contributed by atoms with Crippen LogP contribution >= 0.6 is 0 Å². The highest BCUT2D eigenvalue weighted by molar-refractivity contribution is 5.94. The number of nitrogens with one attached hydrogen (secondary N) is 1. The number of amides is 1. The molecule has 25 heavy (non-hydrogen) atoms. The maximum atomic E-state index is 11.8. The zero-order chi connectivity index (χ0) is 18.7. The van der Waals surface area contributed by atoms with Gasteiger partial charge < -0.3 is 15.2 Å². The summed E-state index contributed by atoms with van der Waals surface area (Å²) < 4.78 is 4.55. The van der Waals surface area contributed by atoms with Crippen molar-refractivity contribution in [3.63, 3.8) is 0 Å². The first-order valence-corrected chi connectivity index (χ1v) is 8.01. The zero-order valence-corrected chi connectivity index (χ0v) is 14.8. The second-order valence-electron chi connectivity index (χ2n) is 6.39. The minimum Gasteiger partial charge on any atom is -0.462 e. The largest absolute Gasteiger partial charge is 0.462 e. The Morgan fingerprint density at radius 1 is 1.08 bits per heavy atom. The van der Waals surface area contributed by atoms with Gasteiger partial charge >= 0.3 is 0 Å². The van der Waals surface area contributed by atoms with E-state index in [9.17, 15) is 14.7 Å². The molecule has 2 aromatic carbocycles. The molecule has 2 rings (SSSR count). The normalized spacial score (nSPS) is 11.5. The summed E-state index contributed by atoms with van der Waals surface area (Å²) in [5, 5.41) is 12.5. The molecule has 134 valence electrons. The van der Waals surface area contributed by atoms with Crippen molar-refractivity contribution in [1.82, 2.24) is 0 Å². The fraction of sp³-hybridized carbons (Fsp3) is 0.300. The highest BCUT2D eigenvalue weighted by Gasteiger charge is 2.15.